The molecule has 0 spiro atoms. The standard InChI is InChI=1S/C23H24N2O5S/c1-3-30-23(29)20-16-9-4-13(2)12-17(16)31-22(20)24-21(28)14-5-7-15(8-6-14)25-18(26)10-11-19(25)27/h5-8,13H,3-4,9-12H2,1-2H3,(H,24,28)/t13-/m0/s1. The summed E-state index contributed by atoms with van der Waals surface area (Å²) in [5, 5.41) is 3.39. The first kappa shape index (κ1) is 21.2. The van der Waals surface area contributed by atoms with E-state index in [9.17, 15) is 19.2 Å². The van der Waals surface area contributed by atoms with Crippen molar-refractivity contribution in [2.24, 2.45) is 5.92 Å². The SMILES string of the molecule is CCOC(=O)c1c(NC(=O)c2ccc(N3C(=O)CCC3=O)cc2)sc2c1CC[C@H](C)C2. The highest BCUT2D eigenvalue weighted by atomic mass is 32.1. The van der Waals surface area contributed by atoms with E-state index < -0.39 is 5.97 Å². The van der Waals surface area contributed by atoms with Gasteiger partial charge in [0, 0.05) is 23.3 Å². The van der Waals surface area contributed by atoms with E-state index in [1.165, 1.54) is 11.3 Å². The first-order chi connectivity index (χ1) is 14.9. The molecule has 162 valence electrons. The molecule has 2 aliphatic rings. The van der Waals surface area contributed by atoms with Gasteiger partial charge in [0.05, 0.1) is 17.9 Å². The normalized spacial score (nSPS) is 18.1. The largest absolute Gasteiger partial charge is 0.462 e. The second-order valence-corrected chi connectivity index (χ2v) is 9.01. The molecule has 1 fully saturated rings. The average molecular weight is 441 g/mol. The third-order valence-electron chi connectivity index (χ3n) is 5.66. The highest BCUT2D eigenvalue weighted by molar-refractivity contribution is 7.17. The zero-order chi connectivity index (χ0) is 22.1. The van der Waals surface area contributed by atoms with Gasteiger partial charge in [0.25, 0.3) is 5.91 Å². The fourth-order valence-electron chi connectivity index (χ4n) is 4.06. The summed E-state index contributed by atoms with van der Waals surface area (Å²) >= 11 is 1.44. The first-order valence-electron chi connectivity index (χ1n) is 10.5. The molecule has 1 saturated heterocycles. The molecule has 0 unspecified atom stereocenters. The number of ether oxygens (including phenoxy) is 1. The number of nitrogens with zero attached hydrogens (tertiary/aromatic N) is 1. The van der Waals surface area contributed by atoms with Crippen molar-refractivity contribution in [1.29, 1.82) is 0 Å². The molecular weight excluding hydrogens is 416 g/mol. The molecule has 4 rings (SSSR count). The van der Waals surface area contributed by atoms with Gasteiger partial charge in [-0.25, -0.2) is 4.79 Å². The van der Waals surface area contributed by atoms with E-state index in [-0.39, 0.29) is 37.2 Å². The molecule has 31 heavy (non-hydrogen) atoms. The molecule has 1 aliphatic carbocycles. The lowest BCUT2D eigenvalue weighted by Crippen LogP contribution is -2.28. The van der Waals surface area contributed by atoms with E-state index in [4.69, 9.17) is 4.74 Å². The second-order valence-electron chi connectivity index (χ2n) is 7.90. The maximum absolute atomic E-state index is 12.9. The van der Waals surface area contributed by atoms with Gasteiger partial charge < -0.3 is 10.1 Å². The Hall–Kier alpha value is -3.00. The number of nitrogens with one attached hydrogen (secondary N) is 1. The summed E-state index contributed by atoms with van der Waals surface area (Å²) in [6.45, 7) is 4.21. The molecule has 8 heteroatoms. The molecule has 7 nitrogen and oxygen atoms in total. The molecule has 1 aromatic carbocycles. The van der Waals surface area contributed by atoms with Crippen molar-refractivity contribution in [3.8, 4) is 0 Å². The molecular formula is C23H24N2O5S. The fraction of sp³-hybridized carbons (Fsp3) is 0.391. The van der Waals surface area contributed by atoms with Crippen molar-refractivity contribution in [3.63, 3.8) is 0 Å². The average Bonchev–Trinajstić information content (AvgIpc) is 3.26. The van der Waals surface area contributed by atoms with Crippen LogP contribution >= 0.6 is 11.3 Å². The Bertz CT molecular complexity index is 1040. The molecule has 1 N–H and O–H groups in total. The monoisotopic (exact) mass is 440 g/mol. The summed E-state index contributed by atoms with van der Waals surface area (Å²) in [4.78, 5) is 51.6. The van der Waals surface area contributed by atoms with Crippen molar-refractivity contribution >= 4 is 45.7 Å². The summed E-state index contributed by atoms with van der Waals surface area (Å²) in [7, 11) is 0. The molecule has 0 saturated carbocycles. The highest BCUT2D eigenvalue weighted by Crippen LogP contribution is 2.40. The number of hydrogen-bond acceptors (Lipinski definition) is 6. The van der Waals surface area contributed by atoms with Crippen LogP contribution in [-0.4, -0.2) is 30.3 Å². The van der Waals surface area contributed by atoms with Gasteiger partial charge in [-0.1, -0.05) is 6.92 Å². The summed E-state index contributed by atoms with van der Waals surface area (Å²) in [6, 6.07) is 6.32. The molecule has 1 aromatic heterocycles. The van der Waals surface area contributed by atoms with Gasteiger partial charge >= 0.3 is 5.97 Å². The van der Waals surface area contributed by atoms with Crippen LogP contribution in [0.2, 0.25) is 0 Å². The van der Waals surface area contributed by atoms with Crippen LogP contribution in [0.5, 0.6) is 0 Å². The van der Waals surface area contributed by atoms with Crippen molar-refractivity contribution in [2.75, 3.05) is 16.8 Å². The third kappa shape index (κ3) is 4.12. The zero-order valence-electron chi connectivity index (χ0n) is 17.5. The van der Waals surface area contributed by atoms with Crippen LogP contribution in [-0.2, 0) is 27.2 Å². The zero-order valence-corrected chi connectivity index (χ0v) is 18.3. The number of thiophene rings is 1. The van der Waals surface area contributed by atoms with Gasteiger partial charge in [-0.15, -0.1) is 11.3 Å². The number of esters is 1. The number of hydrogen-bond donors (Lipinski definition) is 1. The van der Waals surface area contributed by atoms with Gasteiger partial charge in [-0.3, -0.25) is 19.3 Å². The number of imide groups is 1. The highest BCUT2D eigenvalue weighted by Gasteiger charge is 2.31. The Balaban J connectivity index is 1.57. The van der Waals surface area contributed by atoms with E-state index in [1.54, 1.807) is 31.2 Å². The predicted octanol–water partition coefficient (Wildman–Crippen LogP) is 3.96. The maximum atomic E-state index is 12.9. The number of fused-ring (bicyclic) bond motifs is 1. The summed E-state index contributed by atoms with van der Waals surface area (Å²) in [6.07, 6.45) is 3.09. The minimum absolute atomic E-state index is 0.208. The van der Waals surface area contributed by atoms with Crippen LogP contribution in [0.4, 0.5) is 10.7 Å². The molecule has 1 aliphatic heterocycles. The van der Waals surface area contributed by atoms with Gasteiger partial charge in [-0.05, 0) is 61.9 Å². The molecule has 1 atom stereocenters. The quantitative estimate of drug-likeness (QED) is 0.561. The fourth-order valence-corrected chi connectivity index (χ4v) is 5.45. The number of carbonyl (C=O) groups excluding carboxylic acids is 4. The Kier molecular flexibility index (Phi) is 5.91. The van der Waals surface area contributed by atoms with Gasteiger partial charge in [-0.2, -0.15) is 0 Å². The van der Waals surface area contributed by atoms with E-state index >= 15 is 0 Å². The van der Waals surface area contributed by atoms with Crippen molar-refractivity contribution < 1.29 is 23.9 Å². The summed E-state index contributed by atoms with van der Waals surface area (Å²) < 4.78 is 5.25. The van der Waals surface area contributed by atoms with E-state index in [0.717, 1.165) is 34.6 Å². The smallest absolute Gasteiger partial charge is 0.341 e. The maximum Gasteiger partial charge on any atom is 0.341 e. The van der Waals surface area contributed by atoms with Crippen LogP contribution in [0, 0.1) is 5.92 Å². The van der Waals surface area contributed by atoms with Gasteiger partial charge in [0.1, 0.15) is 5.00 Å². The van der Waals surface area contributed by atoms with Crippen molar-refractivity contribution in [2.45, 2.75) is 46.0 Å². The van der Waals surface area contributed by atoms with Gasteiger partial charge in [0.15, 0.2) is 0 Å². The molecule has 3 amide bonds. The minimum atomic E-state index is -0.411. The topological polar surface area (TPSA) is 92.8 Å². The molecule has 0 bridgehead atoms. The Morgan fingerprint density at radius 2 is 1.81 bits per heavy atom. The number of anilines is 2. The molecule has 2 heterocycles. The van der Waals surface area contributed by atoms with Gasteiger partial charge in [0.2, 0.25) is 11.8 Å². The van der Waals surface area contributed by atoms with E-state index in [2.05, 4.69) is 12.2 Å². The lowest BCUT2D eigenvalue weighted by Gasteiger charge is -2.18. The lowest BCUT2D eigenvalue weighted by molar-refractivity contribution is -0.121. The third-order valence-corrected chi connectivity index (χ3v) is 6.83. The van der Waals surface area contributed by atoms with Crippen LogP contribution in [0.3, 0.4) is 0 Å². The molecule has 2 aromatic rings. The van der Waals surface area contributed by atoms with Crippen LogP contribution in [0.25, 0.3) is 0 Å². The van der Waals surface area contributed by atoms with E-state index in [0.29, 0.717) is 27.7 Å². The number of rotatable bonds is 5. The minimum Gasteiger partial charge on any atom is -0.462 e. The second kappa shape index (κ2) is 8.63. The van der Waals surface area contributed by atoms with Crippen molar-refractivity contribution in [3.05, 3.63) is 45.8 Å². The Labute approximate surface area is 184 Å². The summed E-state index contributed by atoms with van der Waals surface area (Å²) in [5.74, 6) is -0.707. The molecule has 0 radical (unpaired) electrons. The Morgan fingerprint density at radius 3 is 2.45 bits per heavy atom. The number of benzene rings is 1. The number of carbonyl (C=O) groups is 4. The van der Waals surface area contributed by atoms with E-state index in [1.807, 2.05) is 0 Å². The predicted molar refractivity (Wildman–Crippen MR) is 118 cm³/mol. The summed E-state index contributed by atoms with van der Waals surface area (Å²) in [5.41, 5.74) is 2.28. The first-order valence-corrected chi connectivity index (χ1v) is 11.3. The lowest BCUT2D eigenvalue weighted by atomic mass is 9.88. The van der Waals surface area contributed by atoms with Crippen LogP contribution in [0.1, 0.15) is 64.3 Å². The van der Waals surface area contributed by atoms with Crippen LogP contribution in [0.15, 0.2) is 24.3 Å². The van der Waals surface area contributed by atoms with Crippen LogP contribution < -0.4 is 10.2 Å². The van der Waals surface area contributed by atoms with Crippen molar-refractivity contribution in [1.82, 2.24) is 0 Å². The number of amides is 3. The Morgan fingerprint density at radius 1 is 1.13 bits per heavy atom.